The Morgan fingerprint density at radius 3 is 2.11 bits per heavy atom. The monoisotopic (exact) mass is 269 g/mol. The molecule has 0 amide bonds. The highest BCUT2D eigenvalue weighted by Crippen LogP contribution is 2.42. The molecule has 2 nitrogen and oxygen atoms in total. The highest BCUT2D eigenvalue weighted by atomic mass is 19.1. The van der Waals surface area contributed by atoms with Gasteiger partial charge in [0.05, 0.1) is 12.2 Å². The molecule has 0 aromatic carbocycles. The summed E-state index contributed by atoms with van der Waals surface area (Å²) in [5.74, 6) is 0.859. The highest BCUT2D eigenvalue weighted by Gasteiger charge is 2.40. The van der Waals surface area contributed by atoms with Gasteiger partial charge < -0.3 is 5.11 Å². The molecule has 0 aromatic heterocycles. The van der Waals surface area contributed by atoms with Gasteiger partial charge in [-0.15, -0.1) is 0 Å². The van der Waals surface area contributed by atoms with Crippen LogP contribution in [-0.4, -0.2) is 17.4 Å². The molecule has 2 aliphatic carbocycles. The summed E-state index contributed by atoms with van der Waals surface area (Å²) < 4.78 is 13.8. The van der Waals surface area contributed by atoms with E-state index in [9.17, 15) is 9.50 Å². The Morgan fingerprint density at radius 1 is 1.05 bits per heavy atom. The standard InChI is InChI=1S/C14H22FNO.C2H6/c1-9-2-4-10(5-3-9)11-6-13(15)12(8-16)14(17)7-11;1-2/h9-14,17H,2-7H2,1H3;1-2H3. The molecule has 0 spiro atoms. The minimum absolute atomic E-state index is 0.289. The fourth-order valence-corrected chi connectivity index (χ4v) is 3.54. The molecule has 0 aromatic rings. The Bertz CT molecular complexity index is 282. The van der Waals surface area contributed by atoms with Crippen LogP contribution in [0.25, 0.3) is 0 Å². The molecule has 0 aliphatic heterocycles. The Labute approximate surface area is 117 Å². The van der Waals surface area contributed by atoms with Crippen molar-refractivity contribution in [2.24, 2.45) is 23.7 Å². The average Bonchev–Trinajstić information content (AvgIpc) is 2.41. The number of hydrogen-bond acceptors (Lipinski definition) is 2. The molecule has 4 atom stereocenters. The van der Waals surface area contributed by atoms with E-state index in [4.69, 9.17) is 5.26 Å². The van der Waals surface area contributed by atoms with Crippen molar-refractivity contribution in [1.29, 1.82) is 5.26 Å². The van der Waals surface area contributed by atoms with Crippen LogP contribution in [0.3, 0.4) is 0 Å². The van der Waals surface area contributed by atoms with E-state index in [-0.39, 0.29) is 5.92 Å². The maximum absolute atomic E-state index is 13.8. The number of rotatable bonds is 1. The molecule has 2 fully saturated rings. The zero-order valence-electron chi connectivity index (χ0n) is 12.5. The largest absolute Gasteiger partial charge is 0.392 e. The van der Waals surface area contributed by atoms with Crippen LogP contribution in [0.2, 0.25) is 0 Å². The predicted molar refractivity (Wildman–Crippen MR) is 75.2 cm³/mol. The molecule has 0 heterocycles. The first kappa shape index (κ1) is 16.4. The molecule has 0 bridgehead atoms. The number of alkyl halides is 1. The second kappa shape index (κ2) is 7.85. The third-order valence-corrected chi connectivity index (χ3v) is 4.75. The molecule has 0 radical (unpaired) electrons. The zero-order valence-corrected chi connectivity index (χ0v) is 12.5. The quantitative estimate of drug-likeness (QED) is 0.779. The molecule has 110 valence electrons. The topological polar surface area (TPSA) is 44.0 Å². The van der Waals surface area contributed by atoms with Crippen molar-refractivity contribution in [1.82, 2.24) is 0 Å². The van der Waals surface area contributed by atoms with Gasteiger partial charge >= 0.3 is 0 Å². The van der Waals surface area contributed by atoms with E-state index in [1.165, 1.54) is 25.7 Å². The molecule has 2 rings (SSSR count). The summed E-state index contributed by atoms with van der Waals surface area (Å²) >= 11 is 0. The van der Waals surface area contributed by atoms with Crippen LogP contribution < -0.4 is 0 Å². The minimum atomic E-state index is -1.13. The van der Waals surface area contributed by atoms with E-state index < -0.39 is 18.2 Å². The molecule has 3 heteroatoms. The lowest BCUT2D eigenvalue weighted by atomic mass is 9.68. The van der Waals surface area contributed by atoms with Gasteiger partial charge in [-0.1, -0.05) is 33.6 Å². The first-order valence-electron chi connectivity index (χ1n) is 7.83. The van der Waals surface area contributed by atoms with Gasteiger partial charge in [0.25, 0.3) is 0 Å². The molecular formula is C16H28FNO. The number of nitriles is 1. The first-order chi connectivity index (χ1) is 9.11. The normalized spacial score (nSPS) is 42.7. The van der Waals surface area contributed by atoms with Gasteiger partial charge in [0.15, 0.2) is 0 Å². The van der Waals surface area contributed by atoms with Crippen LogP contribution in [0.4, 0.5) is 4.39 Å². The maximum atomic E-state index is 13.8. The Morgan fingerprint density at radius 2 is 1.63 bits per heavy atom. The second-order valence-corrected chi connectivity index (χ2v) is 5.99. The summed E-state index contributed by atoms with van der Waals surface area (Å²) in [6.07, 6.45) is 4.02. The van der Waals surface area contributed by atoms with Crippen LogP contribution in [0, 0.1) is 35.0 Å². The SMILES string of the molecule is CC.CC1CCC(C2CC(O)C(C#N)C(F)C2)CC1. The number of nitrogens with zero attached hydrogens (tertiary/aromatic N) is 1. The van der Waals surface area contributed by atoms with Gasteiger partial charge in [-0.3, -0.25) is 0 Å². The van der Waals surface area contributed by atoms with Gasteiger partial charge in [0.2, 0.25) is 0 Å². The zero-order chi connectivity index (χ0) is 14.4. The van der Waals surface area contributed by atoms with Crippen molar-refractivity contribution >= 4 is 0 Å². The van der Waals surface area contributed by atoms with Gasteiger partial charge in [-0.05, 0) is 43.4 Å². The van der Waals surface area contributed by atoms with E-state index in [1.807, 2.05) is 19.9 Å². The first-order valence-corrected chi connectivity index (χ1v) is 7.83. The Kier molecular flexibility index (Phi) is 6.79. The summed E-state index contributed by atoms with van der Waals surface area (Å²) in [5, 5.41) is 18.6. The third kappa shape index (κ3) is 4.18. The molecule has 4 unspecified atom stereocenters. The van der Waals surface area contributed by atoms with Gasteiger partial charge in [0, 0.05) is 0 Å². The van der Waals surface area contributed by atoms with E-state index in [0.29, 0.717) is 18.8 Å². The molecule has 2 saturated carbocycles. The fraction of sp³-hybridized carbons (Fsp3) is 0.938. The van der Waals surface area contributed by atoms with Crippen molar-refractivity contribution in [3.8, 4) is 6.07 Å². The van der Waals surface area contributed by atoms with Crippen molar-refractivity contribution in [3.63, 3.8) is 0 Å². The lowest BCUT2D eigenvalue weighted by Gasteiger charge is -2.39. The maximum Gasteiger partial charge on any atom is 0.119 e. The smallest absolute Gasteiger partial charge is 0.119 e. The summed E-state index contributed by atoms with van der Waals surface area (Å²) in [4.78, 5) is 0. The van der Waals surface area contributed by atoms with Crippen LogP contribution in [0.1, 0.15) is 59.3 Å². The van der Waals surface area contributed by atoms with E-state index >= 15 is 0 Å². The average molecular weight is 269 g/mol. The predicted octanol–water partition coefficient (Wildman–Crippen LogP) is 4.09. The summed E-state index contributed by atoms with van der Waals surface area (Å²) in [6.45, 7) is 6.27. The van der Waals surface area contributed by atoms with Gasteiger partial charge in [-0.25, -0.2) is 4.39 Å². The summed E-state index contributed by atoms with van der Waals surface area (Å²) in [6, 6.07) is 1.91. The number of halogens is 1. The van der Waals surface area contributed by atoms with Gasteiger partial charge in [-0.2, -0.15) is 5.26 Å². The molecular weight excluding hydrogens is 241 g/mol. The van der Waals surface area contributed by atoms with Gasteiger partial charge in [0.1, 0.15) is 12.1 Å². The minimum Gasteiger partial charge on any atom is -0.392 e. The summed E-state index contributed by atoms with van der Waals surface area (Å²) in [5.41, 5.74) is 0. The number of hydrogen-bond donors (Lipinski definition) is 1. The van der Waals surface area contributed by atoms with Crippen LogP contribution in [0.5, 0.6) is 0 Å². The lowest BCUT2D eigenvalue weighted by molar-refractivity contribution is -0.00546. The van der Waals surface area contributed by atoms with Crippen molar-refractivity contribution in [2.45, 2.75) is 71.6 Å². The van der Waals surface area contributed by atoms with E-state index in [1.54, 1.807) is 0 Å². The fourth-order valence-electron chi connectivity index (χ4n) is 3.54. The Balaban J connectivity index is 0.000000861. The number of aliphatic hydroxyl groups is 1. The van der Waals surface area contributed by atoms with Crippen LogP contribution in [0.15, 0.2) is 0 Å². The lowest BCUT2D eigenvalue weighted by Crippen LogP contribution is -2.40. The Hall–Kier alpha value is -0.620. The molecule has 1 N–H and O–H groups in total. The molecule has 19 heavy (non-hydrogen) atoms. The van der Waals surface area contributed by atoms with Crippen LogP contribution >= 0.6 is 0 Å². The third-order valence-electron chi connectivity index (χ3n) is 4.75. The van der Waals surface area contributed by atoms with Crippen LogP contribution in [-0.2, 0) is 0 Å². The molecule has 0 saturated heterocycles. The highest BCUT2D eigenvalue weighted by molar-refractivity contribution is 4.99. The molecule has 2 aliphatic rings. The van der Waals surface area contributed by atoms with Crippen molar-refractivity contribution in [3.05, 3.63) is 0 Å². The second-order valence-electron chi connectivity index (χ2n) is 5.99. The van der Waals surface area contributed by atoms with Crippen molar-refractivity contribution in [2.75, 3.05) is 0 Å². The number of aliphatic hydroxyl groups excluding tert-OH is 1. The van der Waals surface area contributed by atoms with E-state index in [0.717, 1.165) is 5.92 Å². The van der Waals surface area contributed by atoms with E-state index in [2.05, 4.69) is 6.92 Å². The summed E-state index contributed by atoms with van der Waals surface area (Å²) in [7, 11) is 0. The van der Waals surface area contributed by atoms with Crippen molar-refractivity contribution < 1.29 is 9.50 Å².